The molecule has 0 radical (unpaired) electrons. The molecule has 2 atom stereocenters. The molecular weight excluding hydrogens is 80.0 g/mol. The molecule has 36 valence electrons. The summed E-state index contributed by atoms with van der Waals surface area (Å²) in [5, 5.41) is 0. The summed E-state index contributed by atoms with van der Waals surface area (Å²) in [6.45, 7) is 1.75. The SMILES string of the molecule is CC1(N)OC1N. The molecule has 1 rings (SSSR count). The highest BCUT2D eigenvalue weighted by Gasteiger charge is 2.45. The molecule has 0 spiro atoms. The Bertz CT molecular complexity index is 71.2. The van der Waals surface area contributed by atoms with Crippen LogP contribution in [-0.2, 0) is 4.74 Å². The minimum atomic E-state index is -0.514. The van der Waals surface area contributed by atoms with Gasteiger partial charge in [-0.25, -0.2) is 0 Å². The molecule has 1 saturated heterocycles. The normalized spacial score (nSPS) is 55.5. The first-order valence-electron chi connectivity index (χ1n) is 1.85. The quantitative estimate of drug-likeness (QED) is 0.372. The lowest BCUT2D eigenvalue weighted by atomic mass is 10.4. The highest BCUT2D eigenvalue weighted by atomic mass is 16.6. The van der Waals surface area contributed by atoms with E-state index in [0.717, 1.165) is 0 Å². The average molecular weight is 88.1 g/mol. The fraction of sp³-hybridized carbons (Fsp3) is 1.00. The van der Waals surface area contributed by atoms with Crippen molar-refractivity contribution in [1.82, 2.24) is 0 Å². The van der Waals surface area contributed by atoms with Crippen LogP contribution in [0.1, 0.15) is 6.92 Å². The van der Waals surface area contributed by atoms with Crippen LogP contribution >= 0.6 is 0 Å². The van der Waals surface area contributed by atoms with E-state index in [9.17, 15) is 0 Å². The minimum absolute atomic E-state index is 0.225. The van der Waals surface area contributed by atoms with Crippen molar-refractivity contribution in [3.05, 3.63) is 0 Å². The van der Waals surface area contributed by atoms with E-state index in [0.29, 0.717) is 0 Å². The molecule has 1 heterocycles. The maximum Gasteiger partial charge on any atom is 0.155 e. The largest absolute Gasteiger partial charge is 0.335 e. The Morgan fingerprint density at radius 1 is 1.83 bits per heavy atom. The third kappa shape index (κ3) is 0.408. The third-order valence-electron chi connectivity index (χ3n) is 0.889. The van der Waals surface area contributed by atoms with Crippen LogP contribution in [-0.4, -0.2) is 12.0 Å². The summed E-state index contributed by atoms with van der Waals surface area (Å²) < 4.78 is 4.66. The van der Waals surface area contributed by atoms with E-state index in [4.69, 9.17) is 11.5 Å². The van der Waals surface area contributed by atoms with Crippen LogP contribution in [0.4, 0.5) is 0 Å². The molecule has 3 heteroatoms. The van der Waals surface area contributed by atoms with Crippen molar-refractivity contribution in [3.63, 3.8) is 0 Å². The zero-order valence-electron chi connectivity index (χ0n) is 3.64. The number of nitrogens with two attached hydrogens (primary N) is 2. The molecule has 1 aliphatic heterocycles. The van der Waals surface area contributed by atoms with Gasteiger partial charge in [0.25, 0.3) is 0 Å². The molecule has 2 unspecified atom stereocenters. The van der Waals surface area contributed by atoms with Gasteiger partial charge in [-0.3, -0.25) is 0 Å². The topological polar surface area (TPSA) is 64.6 Å². The lowest BCUT2D eigenvalue weighted by molar-refractivity contribution is 0.316. The molecule has 0 bridgehead atoms. The average Bonchev–Trinajstić information content (AvgIpc) is 1.73. The molecule has 0 aromatic heterocycles. The first kappa shape index (κ1) is 4.05. The summed E-state index contributed by atoms with van der Waals surface area (Å²) >= 11 is 0. The van der Waals surface area contributed by atoms with E-state index in [1.165, 1.54) is 0 Å². The number of epoxide rings is 1. The monoisotopic (exact) mass is 88.1 g/mol. The van der Waals surface area contributed by atoms with E-state index in [-0.39, 0.29) is 6.23 Å². The van der Waals surface area contributed by atoms with E-state index in [2.05, 4.69) is 4.74 Å². The Morgan fingerprint density at radius 2 is 2.00 bits per heavy atom. The molecule has 0 saturated carbocycles. The smallest absolute Gasteiger partial charge is 0.155 e. The van der Waals surface area contributed by atoms with Gasteiger partial charge in [-0.2, -0.15) is 0 Å². The van der Waals surface area contributed by atoms with Gasteiger partial charge in [0.05, 0.1) is 0 Å². The van der Waals surface area contributed by atoms with Crippen molar-refractivity contribution >= 4 is 0 Å². The first-order chi connectivity index (χ1) is 2.63. The molecule has 0 aromatic carbocycles. The second-order valence-electron chi connectivity index (χ2n) is 1.72. The fourth-order valence-electron chi connectivity index (χ4n) is 0.240. The van der Waals surface area contributed by atoms with E-state index >= 15 is 0 Å². The van der Waals surface area contributed by atoms with Gasteiger partial charge >= 0.3 is 0 Å². The maximum atomic E-state index is 5.26. The van der Waals surface area contributed by atoms with Crippen LogP contribution in [0.3, 0.4) is 0 Å². The Morgan fingerprint density at radius 3 is 2.00 bits per heavy atom. The summed E-state index contributed by atoms with van der Waals surface area (Å²) in [5.74, 6) is 0. The second kappa shape index (κ2) is 0.753. The number of rotatable bonds is 0. The summed E-state index contributed by atoms with van der Waals surface area (Å²) in [5.41, 5.74) is 9.90. The molecule has 1 fully saturated rings. The Hall–Kier alpha value is -0.120. The van der Waals surface area contributed by atoms with Crippen LogP contribution in [0.2, 0.25) is 0 Å². The van der Waals surface area contributed by atoms with Gasteiger partial charge in [0.1, 0.15) is 0 Å². The molecule has 0 aromatic rings. The van der Waals surface area contributed by atoms with Crippen molar-refractivity contribution in [2.45, 2.75) is 18.9 Å². The van der Waals surface area contributed by atoms with Crippen molar-refractivity contribution in [2.75, 3.05) is 0 Å². The lowest BCUT2D eigenvalue weighted by Gasteiger charge is -1.85. The number of ether oxygens (including phenoxy) is 1. The highest BCUT2D eigenvalue weighted by molar-refractivity contribution is 4.87. The molecule has 0 amide bonds. The van der Waals surface area contributed by atoms with Crippen molar-refractivity contribution < 1.29 is 4.74 Å². The fourth-order valence-corrected chi connectivity index (χ4v) is 0.240. The van der Waals surface area contributed by atoms with Gasteiger partial charge in [0.15, 0.2) is 12.0 Å². The second-order valence-corrected chi connectivity index (χ2v) is 1.72. The Labute approximate surface area is 36.3 Å². The standard InChI is InChI=1S/C3H8N2O/c1-3(5)2(4)6-3/h2H,4-5H2,1H3. The maximum absolute atomic E-state index is 5.26. The number of hydrogen-bond donors (Lipinski definition) is 2. The molecule has 0 aliphatic carbocycles. The van der Waals surface area contributed by atoms with Crippen LogP contribution < -0.4 is 11.5 Å². The summed E-state index contributed by atoms with van der Waals surface area (Å²) in [7, 11) is 0. The minimum Gasteiger partial charge on any atom is -0.335 e. The molecule has 4 N–H and O–H groups in total. The van der Waals surface area contributed by atoms with Gasteiger partial charge in [-0.15, -0.1) is 0 Å². The third-order valence-corrected chi connectivity index (χ3v) is 0.889. The van der Waals surface area contributed by atoms with E-state index in [1.807, 2.05) is 0 Å². The van der Waals surface area contributed by atoms with Crippen molar-refractivity contribution in [2.24, 2.45) is 11.5 Å². The van der Waals surface area contributed by atoms with Gasteiger partial charge in [0, 0.05) is 0 Å². The Kier molecular flexibility index (Phi) is 0.508. The summed E-state index contributed by atoms with van der Waals surface area (Å²) in [6.07, 6.45) is -0.225. The van der Waals surface area contributed by atoms with Crippen LogP contribution in [0, 0.1) is 0 Å². The predicted molar refractivity (Wildman–Crippen MR) is 21.7 cm³/mol. The molecule has 6 heavy (non-hydrogen) atoms. The molecular formula is C3H8N2O. The highest BCUT2D eigenvalue weighted by Crippen LogP contribution is 2.23. The predicted octanol–water partition coefficient (Wildman–Crippen LogP) is -1.02. The van der Waals surface area contributed by atoms with Gasteiger partial charge in [-0.1, -0.05) is 0 Å². The van der Waals surface area contributed by atoms with E-state index < -0.39 is 5.72 Å². The van der Waals surface area contributed by atoms with Gasteiger partial charge < -0.3 is 16.2 Å². The Balaban J connectivity index is 2.41. The zero-order valence-corrected chi connectivity index (χ0v) is 3.64. The van der Waals surface area contributed by atoms with Crippen LogP contribution in [0.5, 0.6) is 0 Å². The van der Waals surface area contributed by atoms with Crippen LogP contribution in [0.25, 0.3) is 0 Å². The van der Waals surface area contributed by atoms with Crippen molar-refractivity contribution in [3.8, 4) is 0 Å². The summed E-state index contributed by atoms with van der Waals surface area (Å²) in [4.78, 5) is 0. The molecule has 1 aliphatic rings. The van der Waals surface area contributed by atoms with Crippen molar-refractivity contribution in [1.29, 1.82) is 0 Å². The van der Waals surface area contributed by atoms with Gasteiger partial charge in [0.2, 0.25) is 0 Å². The number of hydrogen-bond acceptors (Lipinski definition) is 3. The zero-order chi connectivity index (χ0) is 4.78. The first-order valence-corrected chi connectivity index (χ1v) is 1.85. The van der Waals surface area contributed by atoms with Crippen LogP contribution in [0.15, 0.2) is 0 Å². The lowest BCUT2D eigenvalue weighted by Crippen LogP contribution is -2.26. The van der Waals surface area contributed by atoms with Gasteiger partial charge in [-0.05, 0) is 6.92 Å². The molecule has 3 nitrogen and oxygen atoms in total. The summed E-state index contributed by atoms with van der Waals surface area (Å²) in [6, 6.07) is 0. The van der Waals surface area contributed by atoms with E-state index in [1.54, 1.807) is 6.92 Å².